The van der Waals surface area contributed by atoms with Gasteiger partial charge in [0.25, 0.3) is 0 Å². The molecule has 5 nitrogen and oxygen atoms in total. The third kappa shape index (κ3) is 3.70. The van der Waals surface area contributed by atoms with E-state index in [2.05, 4.69) is 51.6 Å². The number of carbonyl (C=O) groups excluding carboxylic acids is 1. The third-order valence-electron chi connectivity index (χ3n) is 6.72. The van der Waals surface area contributed by atoms with Crippen molar-refractivity contribution in [3.63, 3.8) is 0 Å². The van der Waals surface area contributed by atoms with Gasteiger partial charge in [0.2, 0.25) is 5.91 Å². The number of likely N-dealkylation sites (tertiary alicyclic amines) is 1. The second kappa shape index (κ2) is 8.15. The lowest BCUT2D eigenvalue weighted by atomic mass is 9.92. The van der Waals surface area contributed by atoms with Crippen molar-refractivity contribution in [2.45, 2.75) is 44.2 Å². The average molecular weight is 404 g/mol. The zero-order chi connectivity index (χ0) is 20.5. The van der Waals surface area contributed by atoms with E-state index in [1.165, 1.54) is 16.6 Å². The Bertz CT molecular complexity index is 1000. The molecular weight excluding hydrogens is 374 g/mol. The van der Waals surface area contributed by atoms with Crippen LogP contribution in [0.2, 0.25) is 0 Å². The first-order chi connectivity index (χ1) is 14.7. The standard InChI is InChI=1S/C25H29N3O2/c1-17(25(29)27-22-12-15-30-24-9-5-3-7-20(22)24)28-13-10-18(11-14-28)23-16-19-6-2-4-8-21(19)26-23/h2-9,16-18,22,26H,10-15H2,1H3,(H,27,29). The van der Waals surface area contributed by atoms with E-state index in [1.807, 2.05) is 25.1 Å². The zero-order valence-corrected chi connectivity index (χ0v) is 17.4. The summed E-state index contributed by atoms with van der Waals surface area (Å²) in [7, 11) is 0. The van der Waals surface area contributed by atoms with E-state index in [9.17, 15) is 4.79 Å². The van der Waals surface area contributed by atoms with Crippen LogP contribution < -0.4 is 10.1 Å². The number of fused-ring (bicyclic) bond motifs is 2. The van der Waals surface area contributed by atoms with Crippen molar-refractivity contribution in [3.8, 4) is 5.75 Å². The molecule has 156 valence electrons. The molecule has 0 spiro atoms. The number of nitrogens with zero attached hydrogens (tertiary/aromatic N) is 1. The lowest BCUT2D eigenvalue weighted by Gasteiger charge is -2.36. The highest BCUT2D eigenvalue weighted by molar-refractivity contribution is 5.82. The van der Waals surface area contributed by atoms with E-state index < -0.39 is 0 Å². The lowest BCUT2D eigenvalue weighted by Crippen LogP contribution is -2.49. The molecular formula is C25H29N3O2. The highest BCUT2D eigenvalue weighted by Gasteiger charge is 2.30. The van der Waals surface area contributed by atoms with E-state index in [-0.39, 0.29) is 18.0 Å². The van der Waals surface area contributed by atoms with Crippen molar-refractivity contribution in [1.29, 1.82) is 0 Å². The van der Waals surface area contributed by atoms with Crippen molar-refractivity contribution in [2.24, 2.45) is 0 Å². The van der Waals surface area contributed by atoms with Gasteiger partial charge in [0, 0.05) is 29.1 Å². The maximum Gasteiger partial charge on any atom is 0.237 e. The number of rotatable bonds is 4. The van der Waals surface area contributed by atoms with Crippen molar-refractivity contribution < 1.29 is 9.53 Å². The molecule has 0 bridgehead atoms. The number of amides is 1. The Hall–Kier alpha value is -2.79. The monoisotopic (exact) mass is 403 g/mol. The first kappa shape index (κ1) is 19.2. The minimum atomic E-state index is -0.122. The summed E-state index contributed by atoms with van der Waals surface area (Å²) in [6, 6.07) is 18.7. The number of aromatic amines is 1. The number of nitrogens with one attached hydrogen (secondary N) is 2. The number of carbonyl (C=O) groups is 1. The van der Waals surface area contributed by atoms with Crippen LogP contribution in [0.15, 0.2) is 54.6 Å². The van der Waals surface area contributed by atoms with Gasteiger partial charge in [0.05, 0.1) is 18.7 Å². The van der Waals surface area contributed by atoms with Gasteiger partial charge in [-0.3, -0.25) is 9.69 Å². The summed E-state index contributed by atoms with van der Waals surface area (Å²) >= 11 is 0. The predicted octanol–water partition coefficient (Wildman–Crippen LogP) is 4.38. The number of piperidine rings is 1. The molecule has 1 fully saturated rings. The molecule has 2 aliphatic rings. The van der Waals surface area contributed by atoms with Gasteiger partial charge >= 0.3 is 0 Å². The maximum absolute atomic E-state index is 13.0. The number of benzene rings is 2. The normalized spacial score (nSPS) is 21.0. The van der Waals surface area contributed by atoms with E-state index in [4.69, 9.17) is 4.74 Å². The quantitative estimate of drug-likeness (QED) is 0.680. The van der Waals surface area contributed by atoms with Gasteiger partial charge in [-0.05, 0) is 56.4 Å². The second-order valence-electron chi connectivity index (χ2n) is 8.53. The summed E-state index contributed by atoms with van der Waals surface area (Å²) in [6.07, 6.45) is 2.97. The molecule has 3 heterocycles. The van der Waals surface area contributed by atoms with Gasteiger partial charge in [-0.2, -0.15) is 0 Å². The highest BCUT2D eigenvalue weighted by Crippen LogP contribution is 2.33. The number of ether oxygens (including phenoxy) is 1. The Morgan fingerprint density at radius 1 is 1.10 bits per heavy atom. The number of hydrogen-bond acceptors (Lipinski definition) is 3. The van der Waals surface area contributed by atoms with Gasteiger partial charge in [-0.25, -0.2) is 0 Å². The summed E-state index contributed by atoms with van der Waals surface area (Å²) in [5, 5.41) is 4.54. The molecule has 1 aromatic heterocycles. The second-order valence-corrected chi connectivity index (χ2v) is 8.53. The maximum atomic E-state index is 13.0. The SMILES string of the molecule is CC(C(=O)NC1CCOc2ccccc21)N1CCC(c2cc3ccccc3[nH]2)CC1. The lowest BCUT2D eigenvalue weighted by molar-refractivity contribution is -0.127. The number of aromatic nitrogens is 1. The summed E-state index contributed by atoms with van der Waals surface area (Å²) in [5.41, 5.74) is 3.62. The third-order valence-corrected chi connectivity index (χ3v) is 6.72. The molecule has 2 atom stereocenters. The first-order valence-electron chi connectivity index (χ1n) is 11.0. The largest absolute Gasteiger partial charge is 0.493 e. The van der Waals surface area contributed by atoms with Crippen molar-refractivity contribution in [2.75, 3.05) is 19.7 Å². The van der Waals surface area contributed by atoms with Gasteiger partial charge in [0.15, 0.2) is 0 Å². The molecule has 5 rings (SSSR count). The molecule has 0 saturated carbocycles. The molecule has 5 heteroatoms. The van der Waals surface area contributed by atoms with Crippen molar-refractivity contribution in [1.82, 2.24) is 15.2 Å². The Morgan fingerprint density at radius 2 is 1.87 bits per heavy atom. The number of para-hydroxylation sites is 2. The van der Waals surface area contributed by atoms with Crippen LogP contribution in [-0.2, 0) is 4.79 Å². The van der Waals surface area contributed by atoms with Crippen LogP contribution in [0.3, 0.4) is 0 Å². The summed E-state index contributed by atoms with van der Waals surface area (Å²) in [6.45, 7) is 4.56. The van der Waals surface area contributed by atoms with Crippen molar-refractivity contribution >= 4 is 16.8 Å². The number of hydrogen-bond donors (Lipinski definition) is 2. The van der Waals surface area contributed by atoms with Gasteiger partial charge in [-0.1, -0.05) is 36.4 Å². The minimum absolute atomic E-state index is 0.0359. The molecule has 3 aromatic rings. The molecule has 2 aromatic carbocycles. The summed E-state index contributed by atoms with van der Waals surface area (Å²) in [4.78, 5) is 18.9. The molecule has 30 heavy (non-hydrogen) atoms. The van der Waals surface area contributed by atoms with E-state index in [1.54, 1.807) is 0 Å². The fourth-order valence-corrected chi connectivity index (χ4v) is 4.86. The molecule has 2 unspecified atom stereocenters. The van der Waals surface area contributed by atoms with Gasteiger partial charge < -0.3 is 15.0 Å². The Labute approximate surface area is 177 Å². The smallest absolute Gasteiger partial charge is 0.237 e. The molecule has 1 saturated heterocycles. The van der Waals surface area contributed by atoms with E-state index in [0.29, 0.717) is 12.5 Å². The van der Waals surface area contributed by atoms with Crippen LogP contribution in [0.5, 0.6) is 5.75 Å². The van der Waals surface area contributed by atoms with E-state index in [0.717, 1.165) is 43.7 Å². The van der Waals surface area contributed by atoms with Crippen molar-refractivity contribution in [3.05, 3.63) is 65.9 Å². The topological polar surface area (TPSA) is 57.4 Å². The molecule has 2 N–H and O–H groups in total. The molecule has 1 amide bonds. The minimum Gasteiger partial charge on any atom is -0.493 e. The van der Waals surface area contributed by atoms with Crippen LogP contribution >= 0.6 is 0 Å². The average Bonchev–Trinajstić information content (AvgIpc) is 3.23. The summed E-state index contributed by atoms with van der Waals surface area (Å²) in [5.74, 6) is 1.54. The summed E-state index contributed by atoms with van der Waals surface area (Å²) < 4.78 is 5.72. The number of H-pyrrole nitrogens is 1. The van der Waals surface area contributed by atoms with Crippen LogP contribution in [0.25, 0.3) is 10.9 Å². The fraction of sp³-hybridized carbons (Fsp3) is 0.400. The Balaban J connectivity index is 1.19. The Kier molecular flexibility index (Phi) is 5.21. The Morgan fingerprint density at radius 3 is 2.70 bits per heavy atom. The van der Waals surface area contributed by atoms with Gasteiger partial charge in [-0.15, -0.1) is 0 Å². The molecule has 2 aliphatic heterocycles. The highest BCUT2D eigenvalue weighted by atomic mass is 16.5. The van der Waals surface area contributed by atoms with Crippen LogP contribution in [0, 0.1) is 0 Å². The molecule has 0 aliphatic carbocycles. The van der Waals surface area contributed by atoms with E-state index >= 15 is 0 Å². The molecule has 0 radical (unpaired) electrons. The van der Waals surface area contributed by atoms with Crippen LogP contribution in [-0.4, -0.2) is 41.5 Å². The predicted molar refractivity (Wildman–Crippen MR) is 119 cm³/mol. The van der Waals surface area contributed by atoms with Gasteiger partial charge in [0.1, 0.15) is 5.75 Å². The first-order valence-corrected chi connectivity index (χ1v) is 11.0. The zero-order valence-electron chi connectivity index (χ0n) is 17.4. The fourth-order valence-electron chi connectivity index (χ4n) is 4.86. The van der Waals surface area contributed by atoms with Crippen LogP contribution in [0.1, 0.15) is 49.4 Å². The van der Waals surface area contributed by atoms with Crippen LogP contribution in [0.4, 0.5) is 0 Å².